The predicted octanol–water partition coefficient (Wildman–Crippen LogP) is 0.502. The number of nitrogens with one attached hydrogen (secondary N) is 1. The smallest absolute Gasteiger partial charge is 0.326 e. The molecule has 9 heteroatoms. The molecule has 0 spiro atoms. The predicted molar refractivity (Wildman–Crippen MR) is 70.5 cm³/mol. The summed E-state index contributed by atoms with van der Waals surface area (Å²) >= 11 is 0.896. The molecule has 0 saturated heterocycles. The van der Waals surface area contributed by atoms with Gasteiger partial charge in [0.1, 0.15) is 6.04 Å². The van der Waals surface area contributed by atoms with Crippen LogP contribution in [0.3, 0.4) is 0 Å². The summed E-state index contributed by atoms with van der Waals surface area (Å²) in [6, 6.07) is 1.71. The van der Waals surface area contributed by atoms with Gasteiger partial charge in [-0.2, -0.15) is 0 Å². The Morgan fingerprint density at radius 3 is 2.48 bits per heavy atom. The van der Waals surface area contributed by atoms with E-state index in [9.17, 15) is 23.2 Å². The van der Waals surface area contributed by atoms with E-state index in [1.54, 1.807) is 0 Å². The van der Waals surface area contributed by atoms with Gasteiger partial charge in [-0.05, 0) is 18.2 Å². The molecule has 6 nitrogen and oxygen atoms in total. The number of benzene rings is 1. The van der Waals surface area contributed by atoms with E-state index in [0.717, 1.165) is 23.9 Å². The molecule has 0 radical (unpaired) electrons. The molecule has 0 saturated carbocycles. The fraction of sp³-hybridized carbons (Fsp3) is 0.250. The van der Waals surface area contributed by atoms with Crippen LogP contribution in [0, 0.1) is 11.6 Å². The molecule has 0 bridgehead atoms. The van der Waals surface area contributed by atoms with E-state index >= 15 is 0 Å². The zero-order valence-electron chi connectivity index (χ0n) is 10.6. The Morgan fingerprint density at radius 1 is 1.29 bits per heavy atom. The van der Waals surface area contributed by atoms with Crippen LogP contribution in [0.5, 0.6) is 0 Å². The van der Waals surface area contributed by atoms with Crippen molar-refractivity contribution in [1.29, 1.82) is 0 Å². The maximum absolute atomic E-state index is 12.9. The molecule has 4 N–H and O–H groups in total. The summed E-state index contributed by atoms with van der Waals surface area (Å²) in [7, 11) is 0. The normalized spacial score (nSPS) is 11.7. The molecule has 0 aliphatic heterocycles. The molecule has 0 unspecified atom stereocenters. The highest BCUT2D eigenvalue weighted by molar-refractivity contribution is 8.00. The van der Waals surface area contributed by atoms with Crippen molar-refractivity contribution in [2.45, 2.75) is 17.4 Å². The molecule has 0 aliphatic rings. The van der Waals surface area contributed by atoms with Crippen LogP contribution in [0.25, 0.3) is 0 Å². The number of hydrogen-bond donors (Lipinski definition) is 3. The van der Waals surface area contributed by atoms with E-state index in [1.165, 1.54) is 6.07 Å². The number of primary amides is 1. The van der Waals surface area contributed by atoms with Gasteiger partial charge in [-0.1, -0.05) is 0 Å². The van der Waals surface area contributed by atoms with Crippen molar-refractivity contribution in [2.75, 3.05) is 5.75 Å². The molecule has 1 aromatic rings. The summed E-state index contributed by atoms with van der Waals surface area (Å²) in [5, 5.41) is 10.9. The minimum Gasteiger partial charge on any atom is -0.480 e. The van der Waals surface area contributed by atoms with Crippen molar-refractivity contribution < 1.29 is 28.3 Å². The van der Waals surface area contributed by atoms with Gasteiger partial charge < -0.3 is 16.2 Å². The fourth-order valence-corrected chi connectivity index (χ4v) is 2.08. The maximum atomic E-state index is 12.9. The zero-order valence-corrected chi connectivity index (χ0v) is 11.5. The van der Waals surface area contributed by atoms with Crippen LogP contribution in [0.2, 0.25) is 0 Å². The first kappa shape index (κ1) is 16.9. The molecule has 21 heavy (non-hydrogen) atoms. The number of carboxylic acid groups (broad SMARTS) is 1. The van der Waals surface area contributed by atoms with E-state index in [-0.39, 0.29) is 5.75 Å². The third kappa shape index (κ3) is 5.78. The number of carboxylic acids is 1. The van der Waals surface area contributed by atoms with Gasteiger partial charge in [0.15, 0.2) is 11.6 Å². The average molecular weight is 318 g/mol. The molecular formula is C12H12F2N2O4S. The fourth-order valence-electron chi connectivity index (χ4n) is 1.35. The Labute approximate surface area is 122 Å². The number of rotatable bonds is 7. The molecule has 0 heterocycles. The Morgan fingerprint density at radius 2 is 1.95 bits per heavy atom. The van der Waals surface area contributed by atoms with E-state index in [0.29, 0.717) is 4.90 Å². The van der Waals surface area contributed by atoms with Crippen LogP contribution in [-0.4, -0.2) is 34.7 Å². The summed E-state index contributed by atoms with van der Waals surface area (Å²) in [6.07, 6.45) is -0.531. The summed E-state index contributed by atoms with van der Waals surface area (Å²) in [4.78, 5) is 33.3. The van der Waals surface area contributed by atoms with Crippen LogP contribution >= 0.6 is 11.8 Å². The van der Waals surface area contributed by atoms with E-state index in [4.69, 9.17) is 10.8 Å². The van der Waals surface area contributed by atoms with Gasteiger partial charge in [0.25, 0.3) is 0 Å². The average Bonchev–Trinajstić information content (AvgIpc) is 2.38. The Balaban J connectivity index is 2.54. The van der Waals surface area contributed by atoms with Crippen LogP contribution in [0.15, 0.2) is 23.1 Å². The molecule has 1 atom stereocenters. The first-order chi connectivity index (χ1) is 9.79. The van der Waals surface area contributed by atoms with E-state index in [1.807, 2.05) is 0 Å². The Hall–Kier alpha value is -2.16. The van der Waals surface area contributed by atoms with Gasteiger partial charge in [-0.25, -0.2) is 13.6 Å². The lowest BCUT2D eigenvalue weighted by Gasteiger charge is -2.12. The SMILES string of the molecule is NC(=O)C[C@@H](NC(=O)CSc1ccc(F)c(F)c1)C(=O)O. The van der Waals surface area contributed by atoms with Crippen LogP contribution in [0.1, 0.15) is 6.42 Å². The quantitative estimate of drug-likeness (QED) is 0.634. The first-order valence-electron chi connectivity index (χ1n) is 5.68. The number of nitrogens with two attached hydrogens (primary N) is 1. The molecule has 114 valence electrons. The molecule has 0 fully saturated rings. The van der Waals surface area contributed by atoms with Crippen LogP contribution in [-0.2, 0) is 14.4 Å². The molecular weight excluding hydrogens is 306 g/mol. The van der Waals surface area contributed by atoms with Crippen molar-refractivity contribution >= 4 is 29.5 Å². The summed E-state index contributed by atoms with van der Waals surface area (Å²) < 4.78 is 25.7. The first-order valence-corrected chi connectivity index (χ1v) is 6.66. The monoisotopic (exact) mass is 318 g/mol. The van der Waals surface area contributed by atoms with Gasteiger partial charge >= 0.3 is 5.97 Å². The van der Waals surface area contributed by atoms with Crippen molar-refractivity contribution in [3.63, 3.8) is 0 Å². The zero-order chi connectivity index (χ0) is 16.0. The van der Waals surface area contributed by atoms with E-state index < -0.39 is 41.9 Å². The van der Waals surface area contributed by atoms with Crippen molar-refractivity contribution in [3.8, 4) is 0 Å². The summed E-state index contributed by atoms with van der Waals surface area (Å²) in [5.74, 6) is -5.18. The number of halogens is 2. The largest absolute Gasteiger partial charge is 0.480 e. The second kappa shape index (κ2) is 7.58. The molecule has 0 aliphatic carbocycles. The lowest BCUT2D eigenvalue weighted by molar-refractivity contribution is -0.143. The second-order valence-electron chi connectivity index (χ2n) is 3.99. The molecule has 1 aromatic carbocycles. The topological polar surface area (TPSA) is 109 Å². The van der Waals surface area contributed by atoms with Crippen molar-refractivity contribution in [3.05, 3.63) is 29.8 Å². The third-order valence-corrected chi connectivity index (χ3v) is 3.29. The van der Waals surface area contributed by atoms with Crippen LogP contribution < -0.4 is 11.1 Å². The third-order valence-electron chi connectivity index (χ3n) is 2.30. The Bertz CT molecular complexity index is 568. The van der Waals surface area contributed by atoms with Crippen LogP contribution in [0.4, 0.5) is 8.78 Å². The van der Waals surface area contributed by atoms with Gasteiger partial charge in [0, 0.05) is 4.90 Å². The number of hydrogen-bond acceptors (Lipinski definition) is 4. The highest BCUT2D eigenvalue weighted by atomic mass is 32.2. The standard InChI is InChI=1S/C12H12F2N2O4S/c13-7-2-1-6(3-8(7)14)21-5-11(18)16-9(12(19)20)4-10(15)17/h1-3,9H,4-5H2,(H2,15,17)(H,16,18)(H,19,20)/t9-/m1/s1. The Kier molecular flexibility index (Phi) is 6.10. The lowest BCUT2D eigenvalue weighted by Crippen LogP contribution is -2.44. The highest BCUT2D eigenvalue weighted by Crippen LogP contribution is 2.20. The van der Waals surface area contributed by atoms with Gasteiger partial charge in [0.2, 0.25) is 11.8 Å². The highest BCUT2D eigenvalue weighted by Gasteiger charge is 2.22. The lowest BCUT2D eigenvalue weighted by atomic mass is 10.2. The van der Waals surface area contributed by atoms with Gasteiger partial charge in [-0.15, -0.1) is 11.8 Å². The molecule has 1 rings (SSSR count). The number of carbonyl (C=O) groups excluding carboxylic acids is 2. The second-order valence-corrected chi connectivity index (χ2v) is 5.04. The van der Waals surface area contributed by atoms with Crippen molar-refractivity contribution in [1.82, 2.24) is 5.32 Å². The number of carbonyl (C=O) groups is 3. The number of amides is 2. The minimum atomic E-state index is -1.42. The number of thioether (sulfide) groups is 1. The summed E-state index contributed by atoms with van der Waals surface area (Å²) in [6.45, 7) is 0. The molecule has 2 amide bonds. The minimum absolute atomic E-state index is 0.215. The van der Waals surface area contributed by atoms with Gasteiger partial charge in [-0.3, -0.25) is 9.59 Å². The maximum Gasteiger partial charge on any atom is 0.326 e. The van der Waals surface area contributed by atoms with Gasteiger partial charge in [0.05, 0.1) is 12.2 Å². The summed E-state index contributed by atoms with van der Waals surface area (Å²) in [5.41, 5.74) is 4.87. The molecule has 0 aromatic heterocycles. The number of aliphatic carboxylic acids is 1. The van der Waals surface area contributed by atoms with E-state index in [2.05, 4.69) is 5.32 Å². The van der Waals surface area contributed by atoms with Crippen molar-refractivity contribution in [2.24, 2.45) is 5.73 Å².